The molecule has 1 heterocycles. The lowest BCUT2D eigenvalue weighted by molar-refractivity contribution is -0.137. The van der Waals surface area contributed by atoms with Crippen LogP contribution in [0.4, 0.5) is 4.39 Å². The zero-order valence-corrected chi connectivity index (χ0v) is 11.9. The Kier molecular flexibility index (Phi) is 4.85. The average Bonchev–Trinajstić information content (AvgIpc) is 2.94. The van der Waals surface area contributed by atoms with Crippen molar-refractivity contribution in [2.24, 2.45) is 0 Å². The summed E-state index contributed by atoms with van der Waals surface area (Å²) in [6.45, 7) is 0.145. The summed E-state index contributed by atoms with van der Waals surface area (Å²) < 4.78 is 14.5. The molecule has 2 rings (SSSR count). The van der Waals surface area contributed by atoms with Gasteiger partial charge in [0.15, 0.2) is 0 Å². The van der Waals surface area contributed by atoms with Gasteiger partial charge in [-0.05, 0) is 30.3 Å². The van der Waals surface area contributed by atoms with Crippen molar-refractivity contribution in [2.75, 3.05) is 0 Å². The molecule has 114 valence electrons. The average molecular weight is 310 g/mol. The maximum Gasteiger partial charge on any atom is 0.305 e. The minimum atomic E-state index is -0.962. The third-order valence-electron chi connectivity index (χ3n) is 3.00. The fraction of sp³-hybridized carbons (Fsp3) is 0.125. The third-order valence-corrected chi connectivity index (χ3v) is 3.00. The number of carbonyl (C=O) groups is 1. The summed E-state index contributed by atoms with van der Waals surface area (Å²) in [5.41, 5.74) is 1.42. The number of carboxylic acid groups (broad SMARTS) is 1. The molecule has 0 radical (unpaired) electrons. The number of halogens is 1. The SMILES string of the molecule is N#CC(C#N)=Cc1cn(CCC(=O)O)nc1-c1ccc(F)cc1. The van der Waals surface area contributed by atoms with E-state index in [0.717, 1.165) is 0 Å². The zero-order chi connectivity index (χ0) is 16.8. The molecular formula is C16H11FN4O2. The van der Waals surface area contributed by atoms with Crippen LogP contribution < -0.4 is 0 Å². The van der Waals surface area contributed by atoms with Crippen molar-refractivity contribution in [3.05, 3.63) is 47.4 Å². The normalized spacial score (nSPS) is 9.70. The number of rotatable bonds is 5. The fourth-order valence-corrected chi connectivity index (χ4v) is 1.94. The molecule has 0 atom stereocenters. The molecule has 0 aliphatic heterocycles. The second-order valence-corrected chi connectivity index (χ2v) is 4.63. The van der Waals surface area contributed by atoms with Crippen molar-refractivity contribution in [2.45, 2.75) is 13.0 Å². The van der Waals surface area contributed by atoms with Gasteiger partial charge in [0.2, 0.25) is 0 Å². The number of carboxylic acids is 1. The lowest BCUT2D eigenvalue weighted by Crippen LogP contribution is -2.04. The molecule has 7 heteroatoms. The number of aromatic nitrogens is 2. The van der Waals surface area contributed by atoms with E-state index < -0.39 is 11.8 Å². The molecule has 0 saturated carbocycles. The Morgan fingerprint density at radius 2 is 1.96 bits per heavy atom. The smallest absolute Gasteiger partial charge is 0.305 e. The Hall–Kier alpha value is -3.45. The number of allylic oxidation sites excluding steroid dienone is 1. The first kappa shape index (κ1) is 15.9. The zero-order valence-electron chi connectivity index (χ0n) is 11.9. The Morgan fingerprint density at radius 3 is 2.52 bits per heavy atom. The summed E-state index contributed by atoms with van der Waals surface area (Å²) in [5, 5.41) is 30.8. The van der Waals surface area contributed by atoms with E-state index >= 15 is 0 Å². The summed E-state index contributed by atoms with van der Waals surface area (Å²) >= 11 is 0. The summed E-state index contributed by atoms with van der Waals surface area (Å²) in [7, 11) is 0. The molecule has 2 aromatic rings. The van der Waals surface area contributed by atoms with Crippen LogP contribution in [0.5, 0.6) is 0 Å². The van der Waals surface area contributed by atoms with Crippen LogP contribution in [0.1, 0.15) is 12.0 Å². The number of aliphatic carboxylic acids is 1. The molecule has 23 heavy (non-hydrogen) atoms. The monoisotopic (exact) mass is 310 g/mol. The molecule has 1 aromatic carbocycles. The van der Waals surface area contributed by atoms with Crippen molar-refractivity contribution in [1.82, 2.24) is 9.78 Å². The van der Waals surface area contributed by atoms with Gasteiger partial charge < -0.3 is 5.11 Å². The molecule has 6 nitrogen and oxygen atoms in total. The standard InChI is InChI=1S/C16H11FN4O2/c17-14-3-1-12(2-4-14)16-13(7-11(8-18)9-19)10-21(20-16)6-5-15(22)23/h1-4,7,10H,5-6H2,(H,22,23). The molecule has 0 aliphatic carbocycles. The second kappa shape index (κ2) is 7.01. The minimum absolute atomic E-state index is 0.105. The van der Waals surface area contributed by atoms with E-state index in [0.29, 0.717) is 16.8 Å². The number of nitriles is 2. The van der Waals surface area contributed by atoms with Gasteiger partial charge >= 0.3 is 5.97 Å². The van der Waals surface area contributed by atoms with E-state index in [4.69, 9.17) is 15.6 Å². The van der Waals surface area contributed by atoms with Crippen LogP contribution in [0.15, 0.2) is 36.0 Å². The van der Waals surface area contributed by atoms with E-state index in [1.807, 2.05) is 0 Å². The van der Waals surface area contributed by atoms with E-state index in [1.54, 1.807) is 18.3 Å². The predicted octanol–water partition coefficient (Wildman–Crippen LogP) is 2.59. The molecule has 0 aliphatic rings. The number of aryl methyl sites for hydroxylation is 1. The van der Waals surface area contributed by atoms with Crippen molar-refractivity contribution in [3.8, 4) is 23.4 Å². The molecule has 0 saturated heterocycles. The first-order valence-electron chi connectivity index (χ1n) is 6.60. The van der Waals surface area contributed by atoms with E-state index in [-0.39, 0.29) is 18.5 Å². The van der Waals surface area contributed by atoms with Crippen LogP contribution in [-0.4, -0.2) is 20.9 Å². The first-order valence-corrected chi connectivity index (χ1v) is 6.60. The molecule has 1 N–H and O–H groups in total. The summed E-state index contributed by atoms with van der Waals surface area (Å²) in [6.07, 6.45) is 2.80. The van der Waals surface area contributed by atoms with Gasteiger partial charge in [-0.3, -0.25) is 9.48 Å². The Morgan fingerprint density at radius 1 is 1.30 bits per heavy atom. The Balaban J connectivity index is 2.47. The van der Waals surface area contributed by atoms with Gasteiger partial charge in [-0.15, -0.1) is 0 Å². The summed E-state index contributed by atoms with van der Waals surface area (Å²) in [4.78, 5) is 10.7. The van der Waals surface area contributed by atoms with Gasteiger partial charge in [0.25, 0.3) is 0 Å². The van der Waals surface area contributed by atoms with Crippen molar-refractivity contribution >= 4 is 12.0 Å². The lowest BCUT2D eigenvalue weighted by Gasteiger charge is -1.99. The van der Waals surface area contributed by atoms with Gasteiger partial charge in [0.05, 0.1) is 18.7 Å². The maximum atomic E-state index is 13.0. The Labute approximate surface area is 131 Å². The van der Waals surface area contributed by atoms with Crippen molar-refractivity contribution in [1.29, 1.82) is 10.5 Å². The number of hydrogen-bond donors (Lipinski definition) is 1. The second-order valence-electron chi connectivity index (χ2n) is 4.63. The fourth-order valence-electron chi connectivity index (χ4n) is 1.94. The van der Waals surface area contributed by atoms with Crippen LogP contribution in [-0.2, 0) is 11.3 Å². The molecule has 0 spiro atoms. The highest BCUT2D eigenvalue weighted by atomic mass is 19.1. The molecule has 0 bridgehead atoms. The van der Waals surface area contributed by atoms with Crippen LogP contribution in [0, 0.1) is 28.5 Å². The molecule has 1 aromatic heterocycles. The third kappa shape index (κ3) is 4.02. The van der Waals surface area contributed by atoms with E-state index in [1.165, 1.54) is 35.0 Å². The van der Waals surface area contributed by atoms with E-state index in [2.05, 4.69) is 5.10 Å². The molecule has 0 unspecified atom stereocenters. The quantitative estimate of drug-likeness (QED) is 0.855. The van der Waals surface area contributed by atoms with Gasteiger partial charge in [-0.25, -0.2) is 4.39 Å². The highest BCUT2D eigenvalue weighted by Crippen LogP contribution is 2.24. The Bertz CT molecular complexity index is 822. The van der Waals surface area contributed by atoms with Crippen molar-refractivity contribution in [3.63, 3.8) is 0 Å². The van der Waals surface area contributed by atoms with Crippen LogP contribution in [0.25, 0.3) is 17.3 Å². The van der Waals surface area contributed by atoms with E-state index in [9.17, 15) is 9.18 Å². The van der Waals surface area contributed by atoms with Gasteiger partial charge in [-0.1, -0.05) is 0 Å². The van der Waals surface area contributed by atoms with Gasteiger partial charge in [0.1, 0.15) is 23.5 Å². The molecule has 0 fully saturated rings. The minimum Gasteiger partial charge on any atom is -0.481 e. The van der Waals surface area contributed by atoms with Crippen LogP contribution >= 0.6 is 0 Å². The first-order chi connectivity index (χ1) is 11.0. The molecular weight excluding hydrogens is 299 g/mol. The topological polar surface area (TPSA) is 103 Å². The highest BCUT2D eigenvalue weighted by Gasteiger charge is 2.12. The summed E-state index contributed by atoms with van der Waals surface area (Å²) in [5.74, 6) is -1.36. The lowest BCUT2D eigenvalue weighted by atomic mass is 10.1. The molecule has 0 amide bonds. The largest absolute Gasteiger partial charge is 0.481 e. The number of nitrogens with zero attached hydrogens (tertiary/aromatic N) is 4. The number of benzene rings is 1. The number of hydrogen-bond acceptors (Lipinski definition) is 4. The maximum absolute atomic E-state index is 13.0. The summed E-state index contributed by atoms with van der Waals surface area (Å²) in [6, 6.07) is 9.10. The predicted molar refractivity (Wildman–Crippen MR) is 79.1 cm³/mol. The van der Waals surface area contributed by atoms with Crippen LogP contribution in [0.2, 0.25) is 0 Å². The van der Waals surface area contributed by atoms with Crippen LogP contribution in [0.3, 0.4) is 0 Å². The van der Waals surface area contributed by atoms with Crippen molar-refractivity contribution < 1.29 is 14.3 Å². The highest BCUT2D eigenvalue weighted by molar-refractivity contribution is 5.75. The van der Waals surface area contributed by atoms with Gasteiger partial charge in [0, 0.05) is 17.3 Å². The van der Waals surface area contributed by atoms with Gasteiger partial charge in [-0.2, -0.15) is 15.6 Å².